The van der Waals surface area contributed by atoms with E-state index in [0.717, 1.165) is 36.9 Å². The van der Waals surface area contributed by atoms with Gasteiger partial charge in [0.2, 0.25) is 5.91 Å². The van der Waals surface area contributed by atoms with Crippen molar-refractivity contribution in [3.63, 3.8) is 0 Å². The number of aryl methyl sites for hydroxylation is 1. The molecule has 4 nitrogen and oxygen atoms in total. The Morgan fingerprint density at radius 1 is 1.06 bits per heavy atom. The van der Waals surface area contributed by atoms with Gasteiger partial charge in [-0.25, -0.2) is 9.13 Å². The highest BCUT2D eigenvalue weighted by Crippen LogP contribution is 2.49. The van der Waals surface area contributed by atoms with Crippen molar-refractivity contribution in [3.8, 4) is 0 Å². The van der Waals surface area contributed by atoms with Gasteiger partial charge in [0.15, 0.2) is 0 Å². The molecule has 2 aromatic carbocycles. The molecule has 1 aliphatic rings. The minimum absolute atomic E-state index is 0.153. The molecule has 2 N–H and O–H groups in total. The summed E-state index contributed by atoms with van der Waals surface area (Å²) >= 11 is 0. The van der Waals surface area contributed by atoms with Gasteiger partial charge in [-0.3, -0.25) is 4.79 Å². The summed E-state index contributed by atoms with van der Waals surface area (Å²) in [7, 11) is 0. The summed E-state index contributed by atoms with van der Waals surface area (Å²) in [6, 6.07) is 20.7. The van der Waals surface area contributed by atoms with Gasteiger partial charge in [-0.2, -0.15) is 0 Å². The third kappa shape index (κ3) is 3.99. The second-order valence-corrected chi connectivity index (χ2v) is 9.70. The SMILES string of the molecule is Cc1n([C@@H]2CC[C@@H](C(C(N)=O)(c3ccccc3)c3ccccc3)C2)cc[n+]1CCC(C)C. The number of amides is 1. The topological polar surface area (TPSA) is 51.9 Å². The summed E-state index contributed by atoms with van der Waals surface area (Å²) in [5, 5.41) is 0. The quantitative estimate of drug-likeness (QED) is 0.506. The highest BCUT2D eigenvalue weighted by molar-refractivity contribution is 5.91. The number of carbonyl (C=O) groups is 1. The lowest BCUT2D eigenvalue weighted by Gasteiger charge is -2.37. The summed E-state index contributed by atoms with van der Waals surface area (Å²) < 4.78 is 4.78. The molecule has 1 saturated carbocycles. The summed E-state index contributed by atoms with van der Waals surface area (Å²) in [5.74, 6) is 1.88. The molecule has 4 rings (SSSR count). The predicted molar refractivity (Wildman–Crippen MR) is 128 cm³/mol. The maximum Gasteiger partial charge on any atom is 0.253 e. The first-order chi connectivity index (χ1) is 15.4. The zero-order chi connectivity index (χ0) is 22.7. The van der Waals surface area contributed by atoms with Crippen LogP contribution in [0.15, 0.2) is 73.1 Å². The molecule has 0 spiro atoms. The van der Waals surface area contributed by atoms with Crippen LogP contribution in [-0.2, 0) is 16.8 Å². The Bertz CT molecular complexity index is 1000. The fourth-order valence-corrected chi connectivity index (χ4v) is 5.67. The number of rotatable bonds is 8. The number of nitrogens with zero attached hydrogens (tertiary/aromatic N) is 2. The number of primary amides is 1. The number of aromatic nitrogens is 2. The molecule has 2 atom stereocenters. The van der Waals surface area contributed by atoms with Crippen LogP contribution in [0.2, 0.25) is 0 Å². The lowest BCUT2D eigenvalue weighted by atomic mass is 9.64. The lowest BCUT2D eigenvalue weighted by Crippen LogP contribution is -2.47. The average molecular weight is 431 g/mol. The van der Waals surface area contributed by atoms with Crippen molar-refractivity contribution in [3.05, 3.63) is 90.0 Å². The molecule has 1 fully saturated rings. The van der Waals surface area contributed by atoms with Gasteiger partial charge >= 0.3 is 0 Å². The van der Waals surface area contributed by atoms with Gasteiger partial charge in [-0.05, 0) is 48.6 Å². The highest BCUT2D eigenvalue weighted by atomic mass is 16.1. The van der Waals surface area contributed by atoms with E-state index in [2.05, 4.69) is 66.6 Å². The second-order valence-electron chi connectivity index (χ2n) is 9.70. The summed E-state index contributed by atoms with van der Waals surface area (Å²) in [6.07, 6.45) is 8.57. The minimum Gasteiger partial charge on any atom is -0.369 e. The molecule has 1 aromatic heterocycles. The molecule has 1 heterocycles. The molecule has 0 saturated heterocycles. The largest absolute Gasteiger partial charge is 0.369 e. The van der Waals surface area contributed by atoms with Crippen LogP contribution in [0.3, 0.4) is 0 Å². The second kappa shape index (κ2) is 9.32. The Labute approximate surface area is 192 Å². The van der Waals surface area contributed by atoms with Gasteiger partial charge in [-0.1, -0.05) is 74.5 Å². The smallest absolute Gasteiger partial charge is 0.253 e. The van der Waals surface area contributed by atoms with Crippen molar-refractivity contribution in [1.29, 1.82) is 0 Å². The zero-order valence-corrected chi connectivity index (χ0v) is 19.6. The van der Waals surface area contributed by atoms with E-state index in [1.807, 2.05) is 36.4 Å². The average Bonchev–Trinajstić information content (AvgIpc) is 3.41. The molecular weight excluding hydrogens is 394 g/mol. The monoisotopic (exact) mass is 430 g/mol. The summed E-state index contributed by atoms with van der Waals surface area (Å²) in [6.45, 7) is 7.80. The third-order valence-corrected chi connectivity index (χ3v) is 7.40. The molecule has 4 heteroatoms. The molecule has 3 aromatic rings. The zero-order valence-electron chi connectivity index (χ0n) is 19.6. The number of imidazole rings is 1. The first-order valence-electron chi connectivity index (χ1n) is 11.9. The number of benzene rings is 2. The normalized spacial score (nSPS) is 18.9. The Morgan fingerprint density at radius 3 is 2.19 bits per heavy atom. The van der Waals surface area contributed by atoms with Crippen LogP contribution in [0, 0.1) is 18.8 Å². The first-order valence-corrected chi connectivity index (χ1v) is 11.9. The number of carbonyl (C=O) groups excluding carboxylic acids is 1. The van der Waals surface area contributed by atoms with Crippen LogP contribution in [0.1, 0.15) is 62.5 Å². The molecule has 0 radical (unpaired) electrons. The first kappa shape index (κ1) is 22.3. The van der Waals surface area contributed by atoms with E-state index < -0.39 is 5.41 Å². The van der Waals surface area contributed by atoms with Crippen molar-refractivity contribution in [1.82, 2.24) is 4.57 Å². The Hall–Kier alpha value is -2.88. The van der Waals surface area contributed by atoms with E-state index in [9.17, 15) is 4.79 Å². The van der Waals surface area contributed by atoms with Gasteiger partial charge < -0.3 is 5.73 Å². The van der Waals surface area contributed by atoms with E-state index >= 15 is 0 Å². The van der Waals surface area contributed by atoms with Crippen molar-refractivity contribution in [2.45, 2.75) is 64.5 Å². The van der Waals surface area contributed by atoms with Crippen LogP contribution in [0.4, 0.5) is 0 Å². The van der Waals surface area contributed by atoms with Crippen molar-refractivity contribution < 1.29 is 9.36 Å². The Morgan fingerprint density at radius 2 is 1.66 bits per heavy atom. The van der Waals surface area contributed by atoms with E-state index in [-0.39, 0.29) is 11.8 Å². The standard InChI is InChI=1S/C28H35N3O/c1-21(2)16-17-30-18-19-31(22(30)3)26-15-14-25(20-26)28(27(29)32,23-10-6-4-7-11-23)24-12-8-5-9-13-24/h4-13,18-19,21,25-26H,14-17,20H2,1-3H3,(H-,29,32)/p+1/t25-,26-/m1/s1. The molecule has 1 amide bonds. The summed E-state index contributed by atoms with van der Waals surface area (Å²) in [5.41, 5.74) is 7.44. The van der Waals surface area contributed by atoms with E-state index in [1.54, 1.807) is 0 Å². The fourth-order valence-electron chi connectivity index (χ4n) is 5.67. The predicted octanol–water partition coefficient (Wildman–Crippen LogP) is 4.94. The highest BCUT2D eigenvalue weighted by Gasteiger charge is 2.51. The van der Waals surface area contributed by atoms with Crippen LogP contribution in [-0.4, -0.2) is 10.5 Å². The van der Waals surface area contributed by atoms with Gasteiger partial charge in [-0.15, -0.1) is 0 Å². The van der Waals surface area contributed by atoms with Gasteiger partial charge in [0.1, 0.15) is 23.9 Å². The molecular formula is C28H36N3O+. The fraction of sp³-hybridized carbons (Fsp3) is 0.429. The minimum atomic E-state index is -0.814. The number of nitrogens with two attached hydrogens (primary N) is 1. The van der Waals surface area contributed by atoms with Crippen LogP contribution in [0.25, 0.3) is 0 Å². The van der Waals surface area contributed by atoms with Crippen molar-refractivity contribution in [2.24, 2.45) is 17.6 Å². The number of hydrogen-bond acceptors (Lipinski definition) is 1. The molecule has 168 valence electrons. The van der Waals surface area contributed by atoms with Crippen LogP contribution >= 0.6 is 0 Å². The maximum atomic E-state index is 13.3. The van der Waals surface area contributed by atoms with Crippen molar-refractivity contribution in [2.75, 3.05) is 0 Å². The Balaban J connectivity index is 1.69. The lowest BCUT2D eigenvalue weighted by molar-refractivity contribution is -0.703. The van der Waals surface area contributed by atoms with Gasteiger partial charge in [0, 0.05) is 6.92 Å². The molecule has 32 heavy (non-hydrogen) atoms. The van der Waals surface area contributed by atoms with Crippen LogP contribution < -0.4 is 10.3 Å². The molecule has 0 unspecified atom stereocenters. The van der Waals surface area contributed by atoms with E-state index in [4.69, 9.17) is 5.73 Å². The van der Waals surface area contributed by atoms with Crippen molar-refractivity contribution >= 4 is 5.91 Å². The maximum absolute atomic E-state index is 13.3. The molecule has 0 bridgehead atoms. The Kier molecular flexibility index (Phi) is 6.50. The molecule has 0 aliphatic heterocycles. The van der Waals surface area contributed by atoms with Gasteiger partial charge in [0.25, 0.3) is 5.82 Å². The van der Waals surface area contributed by atoms with E-state index in [0.29, 0.717) is 12.0 Å². The van der Waals surface area contributed by atoms with Gasteiger partial charge in [0.05, 0.1) is 6.54 Å². The summed E-state index contributed by atoms with van der Waals surface area (Å²) in [4.78, 5) is 13.3. The van der Waals surface area contributed by atoms with E-state index in [1.165, 1.54) is 12.2 Å². The van der Waals surface area contributed by atoms with Crippen LogP contribution in [0.5, 0.6) is 0 Å². The third-order valence-electron chi connectivity index (χ3n) is 7.40. The number of hydrogen-bond donors (Lipinski definition) is 1. The molecule has 1 aliphatic carbocycles.